The number of hydrazone groups is 1. The largest absolute Gasteiger partial charge is 0.378 e. The molecule has 5 rings (SSSR count). The molecule has 0 unspecified atom stereocenters. The van der Waals surface area contributed by atoms with Crippen molar-refractivity contribution in [1.82, 2.24) is 19.6 Å². The van der Waals surface area contributed by atoms with Crippen molar-refractivity contribution in [2.45, 2.75) is 6.92 Å². The zero-order chi connectivity index (χ0) is 21.0. The van der Waals surface area contributed by atoms with Gasteiger partial charge < -0.3 is 9.64 Å². The van der Waals surface area contributed by atoms with Gasteiger partial charge in [-0.25, -0.2) is 4.98 Å². The molecule has 0 radical (unpaired) electrons. The predicted octanol–water partition coefficient (Wildman–Crippen LogP) is 3.38. The van der Waals surface area contributed by atoms with Gasteiger partial charge in [0.15, 0.2) is 11.5 Å². The summed E-state index contributed by atoms with van der Waals surface area (Å²) in [5.41, 5.74) is 7.83. The fourth-order valence-electron chi connectivity index (χ4n) is 3.61. The van der Waals surface area contributed by atoms with Crippen LogP contribution in [-0.4, -0.2) is 52.1 Å². The minimum Gasteiger partial charge on any atom is -0.378 e. The summed E-state index contributed by atoms with van der Waals surface area (Å²) in [5, 5.41) is 9.19. The molecule has 3 aromatic heterocycles. The number of benzene rings is 1. The standard InChI is InChI=1S/C23H23N7O/c1-17-4-2-5-18(12-17)15-25-27-21-14-23(29-8-10-31-11-9-29)30-22(26-21)13-20(28-30)19-6-3-7-24-16-19/h2-7,12-16H,8-11H2,1H3,(H,26,27)/b25-15+. The van der Waals surface area contributed by atoms with Crippen LogP contribution in [-0.2, 0) is 4.74 Å². The minimum atomic E-state index is 0.663. The average Bonchev–Trinajstić information content (AvgIpc) is 3.24. The first kappa shape index (κ1) is 19.2. The van der Waals surface area contributed by atoms with E-state index in [-0.39, 0.29) is 0 Å². The quantitative estimate of drug-likeness (QED) is 0.399. The molecule has 1 aliphatic rings. The third-order valence-electron chi connectivity index (χ3n) is 5.14. The Morgan fingerprint density at radius 1 is 1.10 bits per heavy atom. The van der Waals surface area contributed by atoms with Gasteiger partial charge in [0.2, 0.25) is 0 Å². The van der Waals surface area contributed by atoms with Crippen molar-refractivity contribution in [2.75, 3.05) is 36.6 Å². The Bertz CT molecular complexity index is 1210. The number of ether oxygens (including phenoxy) is 1. The molecule has 0 spiro atoms. The van der Waals surface area contributed by atoms with Crippen LogP contribution in [0.2, 0.25) is 0 Å². The molecule has 0 bridgehead atoms. The second kappa shape index (κ2) is 8.53. The van der Waals surface area contributed by atoms with Crippen molar-refractivity contribution in [3.8, 4) is 11.3 Å². The van der Waals surface area contributed by atoms with E-state index in [2.05, 4.69) is 39.5 Å². The highest BCUT2D eigenvalue weighted by atomic mass is 16.5. The number of pyridine rings is 1. The van der Waals surface area contributed by atoms with Gasteiger partial charge in [0.1, 0.15) is 5.82 Å². The predicted molar refractivity (Wildman–Crippen MR) is 122 cm³/mol. The molecule has 0 saturated carbocycles. The molecule has 0 amide bonds. The van der Waals surface area contributed by atoms with Crippen LogP contribution in [0.4, 0.5) is 11.6 Å². The van der Waals surface area contributed by atoms with Crippen LogP contribution >= 0.6 is 0 Å². The van der Waals surface area contributed by atoms with E-state index in [4.69, 9.17) is 14.8 Å². The molecule has 1 saturated heterocycles. The van der Waals surface area contributed by atoms with Crippen molar-refractivity contribution < 1.29 is 4.74 Å². The van der Waals surface area contributed by atoms with Crippen LogP contribution in [0, 0.1) is 6.92 Å². The molecule has 1 fully saturated rings. The summed E-state index contributed by atoms with van der Waals surface area (Å²) in [4.78, 5) is 11.2. The Morgan fingerprint density at radius 3 is 2.81 bits per heavy atom. The minimum absolute atomic E-state index is 0.663. The van der Waals surface area contributed by atoms with E-state index in [0.29, 0.717) is 19.0 Å². The number of hydrogen-bond donors (Lipinski definition) is 1. The van der Waals surface area contributed by atoms with Gasteiger partial charge in [-0.3, -0.25) is 10.4 Å². The average molecular weight is 413 g/mol. The molecule has 156 valence electrons. The molecular weight excluding hydrogens is 390 g/mol. The maximum absolute atomic E-state index is 5.53. The molecule has 0 atom stereocenters. The maximum atomic E-state index is 5.53. The normalized spacial score (nSPS) is 14.4. The van der Waals surface area contributed by atoms with E-state index in [9.17, 15) is 0 Å². The zero-order valence-corrected chi connectivity index (χ0v) is 17.3. The summed E-state index contributed by atoms with van der Waals surface area (Å²) in [6.45, 7) is 5.04. The van der Waals surface area contributed by atoms with Crippen molar-refractivity contribution in [1.29, 1.82) is 0 Å². The number of nitrogens with one attached hydrogen (secondary N) is 1. The number of anilines is 2. The number of fused-ring (bicyclic) bond motifs is 1. The molecule has 8 heteroatoms. The van der Waals surface area contributed by atoms with Crippen LogP contribution in [0.1, 0.15) is 11.1 Å². The molecule has 4 aromatic rings. The van der Waals surface area contributed by atoms with E-state index < -0.39 is 0 Å². The van der Waals surface area contributed by atoms with Crippen LogP contribution in [0.5, 0.6) is 0 Å². The van der Waals surface area contributed by atoms with Gasteiger partial charge in [0.25, 0.3) is 0 Å². The second-order valence-electron chi connectivity index (χ2n) is 7.42. The fourth-order valence-corrected chi connectivity index (χ4v) is 3.61. The summed E-state index contributed by atoms with van der Waals surface area (Å²) < 4.78 is 7.41. The first-order chi connectivity index (χ1) is 15.3. The molecule has 4 heterocycles. The number of nitrogens with zero attached hydrogens (tertiary/aromatic N) is 6. The highest BCUT2D eigenvalue weighted by Crippen LogP contribution is 2.25. The third kappa shape index (κ3) is 4.24. The van der Waals surface area contributed by atoms with Crippen molar-refractivity contribution in [3.05, 3.63) is 72.1 Å². The lowest BCUT2D eigenvalue weighted by atomic mass is 10.2. The molecule has 31 heavy (non-hydrogen) atoms. The van der Waals surface area contributed by atoms with E-state index in [1.165, 1.54) is 5.56 Å². The Labute approximate surface area is 180 Å². The molecular formula is C23H23N7O. The van der Waals surface area contributed by atoms with Gasteiger partial charge in [-0.2, -0.15) is 14.7 Å². The second-order valence-corrected chi connectivity index (χ2v) is 7.42. The van der Waals surface area contributed by atoms with E-state index in [0.717, 1.165) is 41.4 Å². The first-order valence-electron chi connectivity index (χ1n) is 10.3. The summed E-state index contributed by atoms with van der Waals surface area (Å²) in [5.74, 6) is 1.62. The first-order valence-corrected chi connectivity index (χ1v) is 10.3. The van der Waals surface area contributed by atoms with Crippen LogP contribution in [0.15, 0.2) is 66.0 Å². The lowest BCUT2D eigenvalue weighted by Gasteiger charge is -2.29. The van der Waals surface area contributed by atoms with Crippen molar-refractivity contribution in [2.24, 2.45) is 5.10 Å². The van der Waals surface area contributed by atoms with Gasteiger partial charge >= 0.3 is 0 Å². The number of aryl methyl sites for hydroxylation is 1. The topological polar surface area (TPSA) is 79.9 Å². The SMILES string of the molecule is Cc1cccc(/C=N/Nc2cc(N3CCOCC3)n3nc(-c4cccnc4)cc3n2)c1. The summed E-state index contributed by atoms with van der Waals surface area (Å²) in [6, 6.07) is 16.0. The Hall–Kier alpha value is -3.78. The third-order valence-corrected chi connectivity index (χ3v) is 5.14. The molecule has 0 aliphatic carbocycles. The van der Waals surface area contributed by atoms with Gasteiger partial charge in [-0.05, 0) is 24.6 Å². The Kier molecular flexibility index (Phi) is 5.28. The lowest BCUT2D eigenvalue weighted by molar-refractivity contribution is 0.122. The van der Waals surface area contributed by atoms with E-state index in [1.54, 1.807) is 12.4 Å². The monoisotopic (exact) mass is 413 g/mol. The van der Waals surface area contributed by atoms with Gasteiger partial charge in [0.05, 0.1) is 25.1 Å². The molecule has 1 N–H and O–H groups in total. The van der Waals surface area contributed by atoms with Gasteiger partial charge in [0, 0.05) is 43.2 Å². The van der Waals surface area contributed by atoms with Crippen LogP contribution in [0.3, 0.4) is 0 Å². The fraction of sp³-hybridized carbons (Fsp3) is 0.217. The smallest absolute Gasteiger partial charge is 0.160 e. The molecule has 1 aliphatic heterocycles. The van der Waals surface area contributed by atoms with Gasteiger partial charge in [-0.1, -0.05) is 29.8 Å². The zero-order valence-electron chi connectivity index (χ0n) is 17.3. The van der Waals surface area contributed by atoms with Crippen LogP contribution in [0.25, 0.3) is 16.9 Å². The summed E-state index contributed by atoms with van der Waals surface area (Å²) in [6.07, 6.45) is 5.36. The van der Waals surface area contributed by atoms with Crippen molar-refractivity contribution >= 4 is 23.5 Å². The molecule has 8 nitrogen and oxygen atoms in total. The van der Waals surface area contributed by atoms with Crippen molar-refractivity contribution in [3.63, 3.8) is 0 Å². The van der Waals surface area contributed by atoms with E-state index in [1.807, 2.05) is 47.1 Å². The van der Waals surface area contributed by atoms with Gasteiger partial charge in [-0.15, -0.1) is 0 Å². The Morgan fingerprint density at radius 2 is 2.00 bits per heavy atom. The molecule has 1 aromatic carbocycles. The van der Waals surface area contributed by atoms with E-state index >= 15 is 0 Å². The highest BCUT2D eigenvalue weighted by Gasteiger charge is 2.18. The summed E-state index contributed by atoms with van der Waals surface area (Å²) >= 11 is 0. The number of aromatic nitrogens is 4. The lowest BCUT2D eigenvalue weighted by Crippen LogP contribution is -2.37. The number of rotatable bonds is 5. The summed E-state index contributed by atoms with van der Waals surface area (Å²) in [7, 11) is 0. The number of hydrogen-bond acceptors (Lipinski definition) is 7. The number of morpholine rings is 1. The Balaban J connectivity index is 1.50. The maximum Gasteiger partial charge on any atom is 0.160 e. The van der Waals surface area contributed by atoms with Crippen LogP contribution < -0.4 is 10.3 Å². The highest BCUT2D eigenvalue weighted by molar-refractivity contribution is 5.80.